The van der Waals surface area contributed by atoms with Gasteiger partial charge in [0.2, 0.25) is 0 Å². The van der Waals surface area contributed by atoms with Gasteiger partial charge in [-0.3, -0.25) is 0 Å². The molecule has 3 nitrogen and oxygen atoms in total. The van der Waals surface area contributed by atoms with E-state index in [2.05, 4.69) is 22.2 Å². The third-order valence-electron chi connectivity index (χ3n) is 3.09. The molecule has 1 heterocycles. The topological polar surface area (TPSA) is 40.7 Å². The number of aromatic amines is 1. The van der Waals surface area contributed by atoms with E-state index in [9.17, 15) is 4.39 Å². The summed E-state index contributed by atoms with van der Waals surface area (Å²) in [5.74, 6) is 0.857. The quantitative estimate of drug-likeness (QED) is 0.752. The molecule has 1 aromatic heterocycles. The van der Waals surface area contributed by atoms with E-state index in [0.717, 1.165) is 37.2 Å². The zero-order chi connectivity index (χ0) is 13.5. The van der Waals surface area contributed by atoms with Crippen LogP contribution in [0.15, 0.2) is 36.7 Å². The SMILES string of the molecule is CC(Cc1ccc(F)cc1)NCCCc1ncc[nH]1. The lowest BCUT2D eigenvalue weighted by Gasteiger charge is -2.13. The molecular weight excluding hydrogens is 241 g/mol. The van der Waals surface area contributed by atoms with Gasteiger partial charge in [0.05, 0.1) is 0 Å². The Bertz CT molecular complexity index is 465. The van der Waals surface area contributed by atoms with Crippen LogP contribution in [-0.2, 0) is 12.8 Å². The Hall–Kier alpha value is -1.68. The number of benzene rings is 1. The van der Waals surface area contributed by atoms with Crippen molar-refractivity contribution in [3.8, 4) is 0 Å². The van der Waals surface area contributed by atoms with Crippen LogP contribution >= 0.6 is 0 Å². The highest BCUT2D eigenvalue weighted by Crippen LogP contribution is 2.05. The van der Waals surface area contributed by atoms with Gasteiger partial charge in [-0.2, -0.15) is 0 Å². The van der Waals surface area contributed by atoms with Crippen molar-refractivity contribution < 1.29 is 4.39 Å². The van der Waals surface area contributed by atoms with Gasteiger partial charge >= 0.3 is 0 Å². The van der Waals surface area contributed by atoms with Crippen molar-refractivity contribution in [2.75, 3.05) is 6.54 Å². The molecule has 2 rings (SSSR count). The molecule has 19 heavy (non-hydrogen) atoms. The van der Waals surface area contributed by atoms with E-state index >= 15 is 0 Å². The lowest BCUT2D eigenvalue weighted by atomic mass is 10.1. The number of hydrogen-bond acceptors (Lipinski definition) is 2. The predicted molar refractivity (Wildman–Crippen MR) is 74.5 cm³/mol. The van der Waals surface area contributed by atoms with Crippen molar-refractivity contribution in [3.63, 3.8) is 0 Å². The summed E-state index contributed by atoms with van der Waals surface area (Å²) in [6.07, 6.45) is 6.56. The summed E-state index contributed by atoms with van der Waals surface area (Å²) < 4.78 is 12.8. The van der Waals surface area contributed by atoms with Crippen LogP contribution in [-0.4, -0.2) is 22.6 Å². The molecule has 0 saturated carbocycles. The number of nitrogens with zero attached hydrogens (tertiary/aromatic N) is 1. The molecular formula is C15H20FN3. The van der Waals surface area contributed by atoms with Crippen LogP contribution in [0.25, 0.3) is 0 Å². The Morgan fingerprint density at radius 2 is 2.11 bits per heavy atom. The first kappa shape index (κ1) is 13.7. The Morgan fingerprint density at radius 1 is 1.32 bits per heavy atom. The Morgan fingerprint density at radius 3 is 2.79 bits per heavy atom. The van der Waals surface area contributed by atoms with Gasteiger partial charge in [0, 0.05) is 24.9 Å². The predicted octanol–water partition coefficient (Wildman–Crippen LogP) is 2.70. The molecule has 4 heteroatoms. The molecule has 0 radical (unpaired) electrons. The molecule has 0 aliphatic carbocycles. The monoisotopic (exact) mass is 261 g/mol. The van der Waals surface area contributed by atoms with Crippen LogP contribution in [0.5, 0.6) is 0 Å². The van der Waals surface area contributed by atoms with E-state index in [0.29, 0.717) is 6.04 Å². The summed E-state index contributed by atoms with van der Waals surface area (Å²) in [7, 11) is 0. The van der Waals surface area contributed by atoms with Crippen molar-refractivity contribution in [3.05, 3.63) is 53.9 Å². The largest absolute Gasteiger partial charge is 0.349 e. The molecule has 0 amide bonds. The minimum atomic E-state index is -0.178. The van der Waals surface area contributed by atoms with Crippen molar-refractivity contribution in [1.82, 2.24) is 15.3 Å². The summed E-state index contributed by atoms with van der Waals surface area (Å²) in [6.45, 7) is 3.11. The molecule has 2 aromatic rings. The Labute approximate surface area is 113 Å². The van der Waals surface area contributed by atoms with E-state index in [1.165, 1.54) is 12.1 Å². The minimum absolute atomic E-state index is 0.178. The van der Waals surface area contributed by atoms with Crippen molar-refractivity contribution in [1.29, 1.82) is 0 Å². The van der Waals surface area contributed by atoms with E-state index in [-0.39, 0.29) is 5.82 Å². The third-order valence-corrected chi connectivity index (χ3v) is 3.09. The van der Waals surface area contributed by atoms with Crippen molar-refractivity contribution in [2.24, 2.45) is 0 Å². The first-order valence-electron chi connectivity index (χ1n) is 6.70. The second-order valence-corrected chi connectivity index (χ2v) is 4.83. The fraction of sp³-hybridized carbons (Fsp3) is 0.400. The van der Waals surface area contributed by atoms with Gasteiger partial charge in [-0.05, 0) is 44.0 Å². The van der Waals surface area contributed by atoms with Gasteiger partial charge in [-0.1, -0.05) is 12.1 Å². The van der Waals surface area contributed by atoms with Crippen LogP contribution in [0.1, 0.15) is 24.7 Å². The standard InChI is InChI=1S/C15H20FN3/c1-12(11-13-4-6-14(16)7-5-13)17-8-2-3-15-18-9-10-19-15/h4-7,9-10,12,17H,2-3,8,11H2,1H3,(H,18,19). The van der Waals surface area contributed by atoms with Crippen LogP contribution in [0, 0.1) is 5.82 Å². The zero-order valence-corrected chi connectivity index (χ0v) is 11.2. The van der Waals surface area contributed by atoms with Crippen molar-refractivity contribution in [2.45, 2.75) is 32.2 Å². The Balaban J connectivity index is 1.64. The van der Waals surface area contributed by atoms with Gasteiger partial charge < -0.3 is 10.3 Å². The number of rotatable bonds is 7. The zero-order valence-electron chi connectivity index (χ0n) is 11.2. The molecule has 0 spiro atoms. The first-order chi connectivity index (χ1) is 9.24. The van der Waals surface area contributed by atoms with Gasteiger partial charge in [0.1, 0.15) is 11.6 Å². The summed E-state index contributed by atoms with van der Waals surface area (Å²) in [5.41, 5.74) is 1.16. The average Bonchev–Trinajstić information content (AvgIpc) is 2.91. The highest BCUT2D eigenvalue weighted by Gasteiger charge is 2.03. The van der Waals surface area contributed by atoms with Crippen molar-refractivity contribution >= 4 is 0 Å². The maximum absolute atomic E-state index is 12.8. The van der Waals surface area contributed by atoms with Crippen LogP contribution in [0.3, 0.4) is 0 Å². The number of imidazole rings is 1. The molecule has 0 aliphatic heterocycles. The highest BCUT2D eigenvalue weighted by atomic mass is 19.1. The second-order valence-electron chi connectivity index (χ2n) is 4.83. The number of aryl methyl sites for hydroxylation is 1. The summed E-state index contributed by atoms with van der Waals surface area (Å²) in [5, 5.41) is 3.47. The molecule has 1 aromatic carbocycles. The molecule has 1 unspecified atom stereocenters. The number of nitrogens with one attached hydrogen (secondary N) is 2. The minimum Gasteiger partial charge on any atom is -0.349 e. The lowest BCUT2D eigenvalue weighted by Crippen LogP contribution is -2.29. The molecule has 102 valence electrons. The fourth-order valence-corrected chi connectivity index (χ4v) is 2.09. The van der Waals surface area contributed by atoms with Crippen LogP contribution in [0.2, 0.25) is 0 Å². The maximum atomic E-state index is 12.8. The van der Waals surface area contributed by atoms with E-state index < -0.39 is 0 Å². The molecule has 0 saturated heterocycles. The van der Waals surface area contributed by atoms with E-state index in [1.807, 2.05) is 18.3 Å². The summed E-state index contributed by atoms with van der Waals surface area (Å²) in [4.78, 5) is 7.29. The fourth-order valence-electron chi connectivity index (χ4n) is 2.09. The van der Waals surface area contributed by atoms with Crippen LogP contribution < -0.4 is 5.32 Å². The molecule has 0 fully saturated rings. The number of aromatic nitrogens is 2. The van der Waals surface area contributed by atoms with E-state index in [4.69, 9.17) is 0 Å². The third kappa shape index (κ3) is 4.83. The normalized spacial score (nSPS) is 12.5. The molecule has 0 bridgehead atoms. The van der Waals surface area contributed by atoms with Crippen LogP contribution in [0.4, 0.5) is 4.39 Å². The van der Waals surface area contributed by atoms with E-state index in [1.54, 1.807) is 6.20 Å². The first-order valence-corrected chi connectivity index (χ1v) is 6.70. The Kier molecular flexibility index (Phi) is 5.10. The average molecular weight is 261 g/mol. The second kappa shape index (κ2) is 7.04. The molecule has 2 N–H and O–H groups in total. The number of halogens is 1. The molecule has 0 aliphatic rings. The highest BCUT2D eigenvalue weighted by molar-refractivity contribution is 5.16. The lowest BCUT2D eigenvalue weighted by molar-refractivity contribution is 0.531. The van der Waals surface area contributed by atoms with Gasteiger partial charge in [-0.15, -0.1) is 0 Å². The van der Waals surface area contributed by atoms with Gasteiger partial charge in [-0.25, -0.2) is 9.37 Å². The summed E-state index contributed by atoms with van der Waals surface area (Å²) in [6, 6.07) is 7.10. The number of H-pyrrole nitrogens is 1. The van der Waals surface area contributed by atoms with Gasteiger partial charge in [0.25, 0.3) is 0 Å². The van der Waals surface area contributed by atoms with Gasteiger partial charge in [0.15, 0.2) is 0 Å². The molecule has 1 atom stereocenters. The summed E-state index contributed by atoms with van der Waals surface area (Å²) >= 11 is 0. The smallest absolute Gasteiger partial charge is 0.123 e. The maximum Gasteiger partial charge on any atom is 0.123 e. The number of hydrogen-bond donors (Lipinski definition) is 2.